The standard InChI is InChI=1S/C68H55BN2/c1-67(2,3)51-33-50(34-52(41-51)68(4,5)6)53-29-32-62-64(63(53)58-39-48(44-23-15-9-16-24-44)37-56-54-35-46(42-19-11-7-12-20-42)27-30-60(54)70-65(56)58)69-59-40-49(45-25-17-10-18-26-45)38-57-55-36-47(43-21-13-8-14-22-43)28-31-61(55)71(62)66(57)59/h7-41,69-70H,1-6H3. The van der Waals surface area contributed by atoms with E-state index in [2.05, 4.69) is 263 Å². The van der Waals surface area contributed by atoms with Crippen LogP contribution in [0.15, 0.2) is 212 Å². The lowest BCUT2D eigenvalue weighted by Crippen LogP contribution is -2.37. The number of hydrogen-bond acceptors (Lipinski definition) is 0. The molecular weight excluding hydrogens is 856 g/mol. The van der Waals surface area contributed by atoms with Crippen LogP contribution < -0.4 is 10.9 Å². The highest BCUT2D eigenvalue weighted by molar-refractivity contribution is 6.73. The summed E-state index contributed by atoms with van der Waals surface area (Å²) < 4.78 is 2.59. The van der Waals surface area contributed by atoms with Crippen LogP contribution in [0.5, 0.6) is 0 Å². The Balaban J connectivity index is 1.17. The van der Waals surface area contributed by atoms with Gasteiger partial charge in [-0.05, 0) is 137 Å². The second kappa shape index (κ2) is 16.2. The second-order valence-corrected chi connectivity index (χ2v) is 21.9. The molecule has 10 aromatic carbocycles. The van der Waals surface area contributed by atoms with Gasteiger partial charge in [-0.25, -0.2) is 0 Å². The molecule has 0 saturated carbocycles. The van der Waals surface area contributed by atoms with E-state index < -0.39 is 0 Å². The first-order valence-electron chi connectivity index (χ1n) is 25.2. The van der Waals surface area contributed by atoms with E-state index in [-0.39, 0.29) is 10.8 Å². The third-order valence-corrected chi connectivity index (χ3v) is 15.2. The first kappa shape index (κ1) is 42.9. The summed E-state index contributed by atoms with van der Waals surface area (Å²) in [6.45, 7) is 14.1. The van der Waals surface area contributed by atoms with Crippen molar-refractivity contribution in [3.05, 3.63) is 223 Å². The molecule has 340 valence electrons. The van der Waals surface area contributed by atoms with Crippen LogP contribution in [0, 0.1) is 0 Å². The van der Waals surface area contributed by atoms with Gasteiger partial charge in [-0.1, -0.05) is 211 Å². The average Bonchev–Trinajstić information content (AvgIpc) is 3.94. The van der Waals surface area contributed by atoms with Crippen molar-refractivity contribution < 1.29 is 0 Å². The van der Waals surface area contributed by atoms with Gasteiger partial charge in [0.2, 0.25) is 0 Å². The Morgan fingerprint density at radius 2 is 0.887 bits per heavy atom. The summed E-state index contributed by atoms with van der Waals surface area (Å²) in [5.41, 5.74) is 26.0. The van der Waals surface area contributed by atoms with Crippen molar-refractivity contribution in [2.45, 2.75) is 52.4 Å². The monoisotopic (exact) mass is 910 g/mol. The predicted octanol–water partition coefficient (Wildman–Crippen LogP) is 16.7. The van der Waals surface area contributed by atoms with Crippen LogP contribution in [-0.2, 0) is 10.8 Å². The molecule has 3 heterocycles. The molecular formula is C68H55BN2. The number of aromatic amines is 1. The molecule has 1 aliphatic rings. The molecule has 0 spiro atoms. The summed E-state index contributed by atoms with van der Waals surface area (Å²) in [4.78, 5) is 4.07. The normalized spacial score (nSPS) is 12.5. The van der Waals surface area contributed by atoms with E-state index in [1.165, 1.54) is 127 Å². The van der Waals surface area contributed by atoms with Crippen LogP contribution in [0.3, 0.4) is 0 Å². The quantitative estimate of drug-likeness (QED) is 0.161. The summed E-state index contributed by atoms with van der Waals surface area (Å²) in [7, 11) is 0.776. The van der Waals surface area contributed by atoms with E-state index in [1.807, 2.05) is 0 Å². The zero-order valence-corrected chi connectivity index (χ0v) is 41.4. The SMILES string of the molecule is CC(C)(C)c1cc(-c2ccc3c(c2-c2cc(-c4ccccc4)cc4c2[nH]c2ccc(-c5ccccc5)cc24)Bc2cc(-c4ccccc4)cc4c5cc(-c6ccccc6)ccc5n-3c24)cc(C(C)(C)C)c1. The first-order valence-corrected chi connectivity index (χ1v) is 25.2. The maximum absolute atomic E-state index is 4.07. The number of nitrogens with zero attached hydrogens (tertiary/aromatic N) is 1. The van der Waals surface area contributed by atoms with Gasteiger partial charge < -0.3 is 9.55 Å². The molecule has 0 unspecified atom stereocenters. The number of aromatic nitrogens is 2. The maximum atomic E-state index is 4.07. The fourth-order valence-electron chi connectivity index (χ4n) is 11.4. The Morgan fingerprint density at radius 3 is 1.46 bits per heavy atom. The summed E-state index contributed by atoms with van der Waals surface area (Å²) in [6, 6.07) is 79.6. The van der Waals surface area contributed by atoms with E-state index in [1.54, 1.807) is 0 Å². The lowest BCUT2D eigenvalue weighted by atomic mass is 9.58. The topological polar surface area (TPSA) is 20.7 Å². The second-order valence-electron chi connectivity index (χ2n) is 21.9. The van der Waals surface area contributed by atoms with E-state index in [0.29, 0.717) is 0 Å². The first-order chi connectivity index (χ1) is 34.4. The molecule has 0 bridgehead atoms. The van der Waals surface area contributed by atoms with Crippen LogP contribution in [0.25, 0.3) is 116 Å². The summed E-state index contributed by atoms with van der Waals surface area (Å²) in [5.74, 6) is 0. The summed E-state index contributed by atoms with van der Waals surface area (Å²) in [5, 5.41) is 5.00. The minimum Gasteiger partial charge on any atom is -0.354 e. The molecule has 71 heavy (non-hydrogen) atoms. The Bertz CT molecular complexity index is 4020. The van der Waals surface area contributed by atoms with Crippen molar-refractivity contribution in [2.24, 2.45) is 0 Å². The van der Waals surface area contributed by atoms with Gasteiger partial charge in [0, 0.05) is 43.8 Å². The van der Waals surface area contributed by atoms with Gasteiger partial charge in [0.25, 0.3) is 0 Å². The molecule has 1 aliphatic heterocycles. The van der Waals surface area contributed by atoms with E-state index in [9.17, 15) is 0 Å². The maximum Gasteiger partial charge on any atom is 0.198 e. The molecule has 13 rings (SSSR count). The van der Waals surface area contributed by atoms with Crippen LogP contribution in [-0.4, -0.2) is 16.8 Å². The molecule has 0 aliphatic carbocycles. The van der Waals surface area contributed by atoms with Gasteiger partial charge in [-0.3, -0.25) is 0 Å². The molecule has 0 radical (unpaired) electrons. The Kier molecular flexibility index (Phi) is 9.81. The van der Waals surface area contributed by atoms with Crippen molar-refractivity contribution in [2.75, 3.05) is 0 Å². The zero-order chi connectivity index (χ0) is 48.2. The smallest absolute Gasteiger partial charge is 0.198 e. The van der Waals surface area contributed by atoms with Gasteiger partial charge >= 0.3 is 0 Å². The van der Waals surface area contributed by atoms with Crippen molar-refractivity contribution in [3.63, 3.8) is 0 Å². The van der Waals surface area contributed by atoms with Gasteiger partial charge in [-0.2, -0.15) is 0 Å². The number of rotatable bonds is 6. The predicted molar refractivity (Wildman–Crippen MR) is 307 cm³/mol. The minimum atomic E-state index is -0.0560. The van der Waals surface area contributed by atoms with Crippen LogP contribution in [0.1, 0.15) is 52.7 Å². The summed E-state index contributed by atoms with van der Waals surface area (Å²) in [6.07, 6.45) is 0. The Labute approximate surface area is 417 Å². The number of hydrogen-bond donors (Lipinski definition) is 1. The van der Waals surface area contributed by atoms with Crippen LogP contribution >= 0.6 is 0 Å². The molecule has 1 N–H and O–H groups in total. The molecule has 0 saturated heterocycles. The third-order valence-electron chi connectivity index (χ3n) is 15.2. The average molecular weight is 911 g/mol. The molecule has 0 amide bonds. The number of nitrogens with one attached hydrogen (secondary N) is 1. The summed E-state index contributed by atoms with van der Waals surface area (Å²) >= 11 is 0. The van der Waals surface area contributed by atoms with Crippen molar-refractivity contribution in [3.8, 4) is 72.4 Å². The van der Waals surface area contributed by atoms with Crippen molar-refractivity contribution >= 4 is 61.8 Å². The Hall–Kier alpha value is -8.14. The minimum absolute atomic E-state index is 0.0560. The molecule has 3 heteroatoms. The van der Waals surface area contributed by atoms with E-state index in [0.717, 1.165) is 18.3 Å². The van der Waals surface area contributed by atoms with Gasteiger partial charge in [0.1, 0.15) is 0 Å². The molecule has 2 nitrogen and oxygen atoms in total. The van der Waals surface area contributed by atoms with Gasteiger partial charge in [0.05, 0.1) is 11.0 Å². The molecule has 0 fully saturated rings. The molecule has 2 aromatic heterocycles. The van der Waals surface area contributed by atoms with Crippen molar-refractivity contribution in [1.82, 2.24) is 9.55 Å². The molecule has 0 atom stereocenters. The van der Waals surface area contributed by atoms with E-state index in [4.69, 9.17) is 0 Å². The lowest BCUT2D eigenvalue weighted by molar-refractivity contribution is 0.569. The molecule has 12 aromatic rings. The van der Waals surface area contributed by atoms with Crippen molar-refractivity contribution in [1.29, 1.82) is 0 Å². The largest absolute Gasteiger partial charge is 0.354 e. The number of H-pyrrole nitrogens is 1. The fourth-order valence-corrected chi connectivity index (χ4v) is 11.4. The van der Waals surface area contributed by atoms with E-state index >= 15 is 0 Å². The van der Waals surface area contributed by atoms with Crippen LogP contribution in [0.4, 0.5) is 0 Å². The zero-order valence-electron chi connectivity index (χ0n) is 41.4. The van der Waals surface area contributed by atoms with Gasteiger partial charge in [-0.15, -0.1) is 0 Å². The lowest BCUT2D eigenvalue weighted by Gasteiger charge is -2.29. The highest BCUT2D eigenvalue weighted by Crippen LogP contribution is 2.46. The fraction of sp³-hybridized carbons (Fsp3) is 0.118. The highest BCUT2D eigenvalue weighted by atomic mass is 15.0. The number of benzene rings is 10. The highest BCUT2D eigenvalue weighted by Gasteiger charge is 2.31. The van der Waals surface area contributed by atoms with Gasteiger partial charge in [0.15, 0.2) is 7.28 Å². The number of fused-ring (bicyclic) bond motifs is 8. The Morgan fingerprint density at radius 1 is 0.380 bits per heavy atom. The van der Waals surface area contributed by atoms with Crippen LogP contribution in [0.2, 0.25) is 0 Å². The third kappa shape index (κ3) is 7.25.